The van der Waals surface area contributed by atoms with Gasteiger partial charge in [-0.25, -0.2) is 0 Å². The molecule has 0 bridgehead atoms. The number of pyridine rings is 1. The van der Waals surface area contributed by atoms with Crippen molar-refractivity contribution < 1.29 is 24.2 Å². The number of rotatable bonds is 6. The quantitative estimate of drug-likeness (QED) is 0.360. The lowest BCUT2D eigenvalue weighted by molar-refractivity contribution is -0.132. The van der Waals surface area contributed by atoms with Crippen molar-refractivity contribution in [3.8, 4) is 11.5 Å². The Labute approximate surface area is 185 Å². The number of benzene rings is 2. The predicted molar refractivity (Wildman–Crippen MR) is 120 cm³/mol. The minimum Gasteiger partial charge on any atom is -0.507 e. The third kappa shape index (κ3) is 3.80. The third-order valence-electron chi connectivity index (χ3n) is 5.21. The molecular weight excluding hydrogens is 408 g/mol. The molecule has 1 amide bonds. The van der Waals surface area contributed by atoms with Crippen molar-refractivity contribution in [2.24, 2.45) is 0 Å². The molecule has 2 heterocycles. The van der Waals surface area contributed by atoms with Crippen molar-refractivity contribution in [1.82, 2.24) is 4.98 Å². The second-order valence-electron chi connectivity index (χ2n) is 7.11. The highest BCUT2D eigenvalue weighted by Crippen LogP contribution is 2.42. The van der Waals surface area contributed by atoms with Crippen LogP contribution in [0.3, 0.4) is 0 Å². The SMILES string of the molecule is CCOc1ccc(/C(O)=C2\C(=O)C(=O)N(c3cccc(OC)c3)C2c2cccnc2)cc1. The van der Waals surface area contributed by atoms with Crippen molar-refractivity contribution in [2.75, 3.05) is 18.6 Å². The monoisotopic (exact) mass is 430 g/mol. The number of anilines is 1. The molecule has 1 aliphatic rings. The number of hydrogen-bond acceptors (Lipinski definition) is 6. The van der Waals surface area contributed by atoms with E-state index in [9.17, 15) is 14.7 Å². The van der Waals surface area contributed by atoms with Crippen LogP contribution in [0, 0.1) is 0 Å². The molecule has 2 aromatic carbocycles. The van der Waals surface area contributed by atoms with Gasteiger partial charge in [-0.1, -0.05) is 12.1 Å². The van der Waals surface area contributed by atoms with E-state index in [1.165, 1.54) is 12.0 Å². The molecule has 0 aliphatic carbocycles. The first-order valence-corrected chi connectivity index (χ1v) is 10.1. The molecule has 162 valence electrons. The van der Waals surface area contributed by atoms with E-state index in [-0.39, 0.29) is 11.3 Å². The minimum absolute atomic E-state index is 0.00465. The Balaban J connectivity index is 1.87. The van der Waals surface area contributed by atoms with Crippen LogP contribution in [0.4, 0.5) is 5.69 Å². The largest absolute Gasteiger partial charge is 0.507 e. The Morgan fingerprint density at radius 1 is 1.06 bits per heavy atom. The highest BCUT2D eigenvalue weighted by atomic mass is 16.5. The van der Waals surface area contributed by atoms with Crippen LogP contribution in [0.2, 0.25) is 0 Å². The van der Waals surface area contributed by atoms with Crippen LogP contribution in [0.15, 0.2) is 78.6 Å². The molecule has 32 heavy (non-hydrogen) atoms. The number of hydrogen-bond donors (Lipinski definition) is 1. The van der Waals surface area contributed by atoms with Crippen LogP contribution in [0.5, 0.6) is 11.5 Å². The number of methoxy groups -OCH3 is 1. The third-order valence-corrected chi connectivity index (χ3v) is 5.21. The number of nitrogens with zero attached hydrogens (tertiary/aromatic N) is 2. The average molecular weight is 430 g/mol. The van der Waals surface area contributed by atoms with Gasteiger partial charge in [0.2, 0.25) is 0 Å². The van der Waals surface area contributed by atoms with Crippen LogP contribution >= 0.6 is 0 Å². The molecule has 1 fully saturated rings. The average Bonchev–Trinajstić information content (AvgIpc) is 3.10. The number of aromatic nitrogens is 1. The molecule has 4 rings (SSSR count). The van der Waals surface area contributed by atoms with Crippen LogP contribution in [-0.2, 0) is 9.59 Å². The lowest BCUT2D eigenvalue weighted by Gasteiger charge is -2.25. The van der Waals surface area contributed by atoms with E-state index in [1.54, 1.807) is 73.1 Å². The Kier molecular flexibility index (Phi) is 5.89. The summed E-state index contributed by atoms with van der Waals surface area (Å²) in [5, 5.41) is 11.1. The van der Waals surface area contributed by atoms with Crippen LogP contribution in [0.1, 0.15) is 24.1 Å². The fraction of sp³-hybridized carbons (Fsp3) is 0.160. The number of aliphatic hydroxyl groups excluding tert-OH is 1. The summed E-state index contributed by atoms with van der Waals surface area (Å²) in [4.78, 5) is 31.8. The molecule has 0 radical (unpaired) electrons. The number of ketones is 1. The second kappa shape index (κ2) is 8.93. The zero-order valence-corrected chi connectivity index (χ0v) is 17.7. The van der Waals surface area contributed by atoms with Gasteiger partial charge in [0.1, 0.15) is 17.3 Å². The van der Waals surface area contributed by atoms with Gasteiger partial charge in [-0.15, -0.1) is 0 Å². The van der Waals surface area contributed by atoms with Gasteiger partial charge in [0.15, 0.2) is 0 Å². The first kappa shape index (κ1) is 21.1. The topological polar surface area (TPSA) is 89.0 Å². The van der Waals surface area contributed by atoms with Gasteiger partial charge in [-0.2, -0.15) is 0 Å². The number of amides is 1. The Hall–Kier alpha value is -4.13. The molecule has 1 atom stereocenters. The first-order valence-electron chi connectivity index (χ1n) is 10.1. The lowest BCUT2D eigenvalue weighted by atomic mass is 9.96. The van der Waals surface area contributed by atoms with E-state index < -0.39 is 17.7 Å². The summed E-state index contributed by atoms with van der Waals surface area (Å²) in [6.07, 6.45) is 3.18. The molecule has 1 aliphatic heterocycles. The van der Waals surface area contributed by atoms with Crippen molar-refractivity contribution in [1.29, 1.82) is 0 Å². The molecular formula is C25H22N2O5. The summed E-state index contributed by atoms with van der Waals surface area (Å²) in [5.74, 6) is -0.580. The van der Waals surface area contributed by atoms with Gasteiger partial charge in [0, 0.05) is 29.7 Å². The van der Waals surface area contributed by atoms with Gasteiger partial charge < -0.3 is 14.6 Å². The number of aliphatic hydroxyl groups is 1. The molecule has 0 saturated carbocycles. The zero-order valence-electron chi connectivity index (χ0n) is 17.7. The van der Waals surface area contributed by atoms with E-state index in [1.807, 2.05) is 6.92 Å². The second-order valence-corrected chi connectivity index (χ2v) is 7.11. The highest BCUT2D eigenvalue weighted by Gasteiger charge is 2.47. The molecule has 3 aromatic rings. The van der Waals surface area contributed by atoms with E-state index in [4.69, 9.17) is 9.47 Å². The molecule has 7 nitrogen and oxygen atoms in total. The maximum atomic E-state index is 13.1. The smallest absolute Gasteiger partial charge is 0.300 e. The van der Waals surface area contributed by atoms with E-state index >= 15 is 0 Å². The maximum absolute atomic E-state index is 13.1. The van der Waals surface area contributed by atoms with Gasteiger partial charge in [0.25, 0.3) is 11.7 Å². The molecule has 1 saturated heterocycles. The van der Waals surface area contributed by atoms with Gasteiger partial charge in [-0.05, 0) is 55.0 Å². The normalized spacial score (nSPS) is 17.4. The number of Topliss-reactive ketones (excluding diaryl/α,β-unsaturated/α-hetero) is 1. The van der Waals surface area contributed by atoms with Crippen LogP contribution in [-0.4, -0.2) is 35.5 Å². The number of ether oxygens (including phenoxy) is 2. The standard InChI is InChI=1S/C25H22N2O5/c1-3-32-19-11-9-16(10-12-19)23(28)21-22(17-6-5-13-26-15-17)27(25(30)24(21)29)18-7-4-8-20(14-18)31-2/h4-15,22,28H,3H2,1-2H3/b23-21+. The highest BCUT2D eigenvalue weighted by molar-refractivity contribution is 6.51. The maximum Gasteiger partial charge on any atom is 0.300 e. The summed E-state index contributed by atoms with van der Waals surface area (Å²) in [7, 11) is 1.53. The van der Waals surface area contributed by atoms with Crippen LogP contribution in [0.25, 0.3) is 5.76 Å². The molecule has 1 aromatic heterocycles. The van der Waals surface area contributed by atoms with Crippen LogP contribution < -0.4 is 14.4 Å². The molecule has 1 N–H and O–H groups in total. The Bertz CT molecular complexity index is 1170. The van der Waals surface area contributed by atoms with Gasteiger partial charge in [0.05, 0.1) is 25.3 Å². The fourth-order valence-corrected chi connectivity index (χ4v) is 3.74. The number of carbonyl (C=O) groups is 2. The van der Waals surface area contributed by atoms with Crippen molar-refractivity contribution in [2.45, 2.75) is 13.0 Å². The summed E-state index contributed by atoms with van der Waals surface area (Å²) in [6, 6.07) is 16.2. The first-order chi connectivity index (χ1) is 15.5. The Morgan fingerprint density at radius 2 is 1.84 bits per heavy atom. The molecule has 1 unspecified atom stereocenters. The summed E-state index contributed by atoms with van der Waals surface area (Å²) in [6.45, 7) is 2.39. The van der Waals surface area contributed by atoms with Gasteiger partial charge in [-0.3, -0.25) is 19.5 Å². The van der Waals surface area contributed by atoms with Gasteiger partial charge >= 0.3 is 0 Å². The predicted octanol–water partition coefficient (Wildman–Crippen LogP) is 4.12. The Morgan fingerprint density at radius 3 is 2.50 bits per heavy atom. The molecule has 0 spiro atoms. The van der Waals surface area contributed by atoms with Crippen molar-refractivity contribution in [3.05, 3.63) is 89.8 Å². The molecule has 7 heteroatoms. The van der Waals surface area contributed by atoms with E-state index in [0.717, 1.165) is 0 Å². The summed E-state index contributed by atoms with van der Waals surface area (Å²) >= 11 is 0. The van der Waals surface area contributed by atoms with E-state index in [0.29, 0.717) is 34.9 Å². The van der Waals surface area contributed by atoms with E-state index in [2.05, 4.69) is 4.98 Å². The lowest BCUT2D eigenvalue weighted by Crippen LogP contribution is -2.29. The summed E-state index contributed by atoms with van der Waals surface area (Å²) in [5.41, 5.74) is 1.48. The number of carbonyl (C=O) groups excluding carboxylic acids is 2. The minimum atomic E-state index is -0.845. The van der Waals surface area contributed by atoms with Crippen molar-refractivity contribution >= 4 is 23.1 Å². The zero-order chi connectivity index (χ0) is 22.7. The summed E-state index contributed by atoms with van der Waals surface area (Å²) < 4.78 is 10.7. The fourth-order valence-electron chi connectivity index (χ4n) is 3.74. The van der Waals surface area contributed by atoms with Crippen molar-refractivity contribution in [3.63, 3.8) is 0 Å².